The molecule has 44 valence electrons. The predicted molar refractivity (Wildman–Crippen MR) is 30.7 cm³/mol. The van der Waals surface area contributed by atoms with E-state index in [0.29, 0.717) is 6.42 Å². The Morgan fingerprint density at radius 1 is 1.88 bits per heavy atom. The van der Waals surface area contributed by atoms with Crippen molar-refractivity contribution in [2.75, 3.05) is 13.6 Å². The van der Waals surface area contributed by atoms with Crippen LogP contribution in [0.15, 0.2) is 4.99 Å². The molecule has 0 unspecified atom stereocenters. The Labute approximate surface area is 48.0 Å². The molecule has 8 heavy (non-hydrogen) atoms. The van der Waals surface area contributed by atoms with Crippen molar-refractivity contribution in [3.63, 3.8) is 0 Å². The van der Waals surface area contributed by atoms with Crippen molar-refractivity contribution >= 4 is 12.2 Å². The van der Waals surface area contributed by atoms with Crippen molar-refractivity contribution < 1.29 is 4.79 Å². The predicted octanol–water partition coefficient (Wildman–Crippen LogP) is -0.123. The second kappa shape index (κ2) is 1.94. The van der Waals surface area contributed by atoms with Gasteiger partial charge in [-0.05, 0) is 0 Å². The molecule has 1 amide bonds. The third-order valence-corrected chi connectivity index (χ3v) is 1.08. The maximum absolute atomic E-state index is 10.4. The number of carbonyl (C=O) groups excluding carboxylic acids is 1. The van der Waals surface area contributed by atoms with Gasteiger partial charge in [0.1, 0.15) is 0 Å². The zero-order valence-electron chi connectivity index (χ0n) is 4.79. The van der Waals surface area contributed by atoms with Crippen LogP contribution < -0.4 is 0 Å². The van der Waals surface area contributed by atoms with E-state index in [1.165, 1.54) is 0 Å². The second-order valence-corrected chi connectivity index (χ2v) is 1.87. The Morgan fingerprint density at radius 2 is 2.62 bits per heavy atom. The van der Waals surface area contributed by atoms with E-state index in [0.717, 1.165) is 6.54 Å². The first-order valence-corrected chi connectivity index (χ1v) is 2.56. The fraction of sp³-hybridized carbons (Fsp3) is 0.600. The summed E-state index contributed by atoms with van der Waals surface area (Å²) in [6.45, 7) is 0.808. The topological polar surface area (TPSA) is 32.7 Å². The molecule has 0 spiro atoms. The van der Waals surface area contributed by atoms with Crippen LogP contribution in [0.3, 0.4) is 0 Å². The highest BCUT2D eigenvalue weighted by atomic mass is 16.1. The molecule has 3 heteroatoms. The number of nitrogens with zero attached hydrogens (tertiary/aromatic N) is 2. The second-order valence-electron chi connectivity index (χ2n) is 1.87. The number of aliphatic imine (C=N–C) groups is 1. The zero-order valence-corrected chi connectivity index (χ0v) is 4.79. The first kappa shape index (κ1) is 5.28. The molecule has 3 nitrogen and oxygen atoms in total. The summed E-state index contributed by atoms with van der Waals surface area (Å²) < 4.78 is 0. The van der Waals surface area contributed by atoms with E-state index in [1.54, 1.807) is 6.34 Å². The Hall–Kier alpha value is -0.860. The van der Waals surface area contributed by atoms with Crippen LogP contribution in [0, 0.1) is 0 Å². The summed E-state index contributed by atoms with van der Waals surface area (Å²) in [4.78, 5) is 15.8. The van der Waals surface area contributed by atoms with Crippen molar-refractivity contribution in [1.82, 2.24) is 4.90 Å². The van der Waals surface area contributed by atoms with Crippen molar-refractivity contribution in [2.24, 2.45) is 4.99 Å². The van der Waals surface area contributed by atoms with Crippen LogP contribution in [0.1, 0.15) is 6.42 Å². The summed E-state index contributed by atoms with van der Waals surface area (Å²) in [7, 11) is 1.90. The van der Waals surface area contributed by atoms with Gasteiger partial charge in [0.2, 0.25) is 5.91 Å². The molecule has 1 rings (SSSR count). The standard InChI is InChI=1S/C5H8N2O/c1-7-3-2-5(8)6-4-7/h4H,2-3H2,1H3. The zero-order chi connectivity index (χ0) is 5.98. The molecular weight excluding hydrogens is 104 g/mol. The number of rotatable bonds is 0. The third kappa shape index (κ3) is 1.05. The highest BCUT2D eigenvalue weighted by Gasteiger charge is 2.04. The molecule has 0 N–H and O–H groups in total. The summed E-state index contributed by atoms with van der Waals surface area (Å²) in [6.07, 6.45) is 2.12. The van der Waals surface area contributed by atoms with Crippen molar-refractivity contribution in [3.05, 3.63) is 0 Å². The molecule has 0 saturated carbocycles. The van der Waals surface area contributed by atoms with Gasteiger partial charge in [-0.25, -0.2) is 4.99 Å². The van der Waals surface area contributed by atoms with Crippen molar-refractivity contribution in [3.8, 4) is 0 Å². The lowest BCUT2D eigenvalue weighted by Gasteiger charge is -2.14. The number of amides is 1. The molecule has 0 bridgehead atoms. The fourth-order valence-corrected chi connectivity index (χ4v) is 0.557. The summed E-state index contributed by atoms with van der Waals surface area (Å²) in [6, 6.07) is 0. The molecule has 1 heterocycles. The maximum Gasteiger partial charge on any atom is 0.248 e. The average molecular weight is 112 g/mol. The highest BCUT2D eigenvalue weighted by molar-refractivity contribution is 5.86. The minimum absolute atomic E-state index is 0.0110. The molecular formula is C5H8N2O. The Morgan fingerprint density at radius 3 is 3.00 bits per heavy atom. The van der Waals surface area contributed by atoms with Gasteiger partial charge in [0.25, 0.3) is 0 Å². The van der Waals surface area contributed by atoms with Crippen LogP contribution in [0.2, 0.25) is 0 Å². The smallest absolute Gasteiger partial charge is 0.248 e. The van der Waals surface area contributed by atoms with Gasteiger partial charge in [-0.2, -0.15) is 0 Å². The Bertz CT molecular complexity index is 130. The number of hydrogen-bond donors (Lipinski definition) is 0. The van der Waals surface area contributed by atoms with E-state index in [-0.39, 0.29) is 5.91 Å². The van der Waals surface area contributed by atoms with Crippen LogP contribution in [0.25, 0.3) is 0 Å². The van der Waals surface area contributed by atoms with Crippen LogP contribution in [0.5, 0.6) is 0 Å². The third-order valence-electron chi connectivity index (χ3n) is 1.08. The van der Waals surface area contributed by atoms with E-state index < -0.39 is 0 Å². The highest BCUT2D eigenvalue weighted by Crippen LogP contribution is 1.93. The van der Waals surface area contributed by atoms with E-state index in [1.807, 2.05) is 11.9 Å². The maximum atomic E-state index is 10.4. The first-order chi connectivity index (χ1) is 3.79. The lowest BCUT2D eigenvalue weighted by molar-refractivity contribution is -0.118. The summed E-state index contributed by atoms with van der Waals surface area (Å²) in [5, 5.41) is 0. The largest absolute Gasteiger partial charge is 0.365 e. The molecule has 0 aromatic rings. The molecule has 0 atom stereocenters. The van der Waals surface area contributed by atoms with Gasteiger partial charge in [-0.15, -0.1) is 0 Å². The van der Waals surface area contributed by atoms with Gasteiger partial charge < -0.3 is 4.90 Å². The molecule has 1 aliphatic rings. The monoisotopic (exact) mass is 112 g/mol. The summed E-state index contributed by atoms with van der Waals surface area (Å²) in [5.41, 5.74) is 0. The van der Waals surface area contributed by atoms with Crippen molar-refractivity contribution in [2.45, 2.75) is 6.42 Å². The van der Waals surface area contributed by atoms with Gasteiger partial charge >= 0.3 is 0 Å². The summed E-state index contributed by atoms with van der Waals surface area (Å²) >= 11 is 0. The number of carbonyl (C=O) groups is 1. The quantitative estimate of drug-likeness (QED) is 0.437. The average Bonchev–Trinajstić information content (AvgIpc) is 1.77. The van der Waals surface area contributed by atoms with E-state index in [9.17, 15) is 4.79 Å². The molecule has 0 aromatic carbocycles. The van der Waals surface area contributed by atoms with Gasteiger partial charge in [0.15, 0.2) is 0 Å². The van der Waals surface area contributed by atoms with Gasteiger partial charge in [0.05, 0.1) is 6.34 Å². The molecule has 0 aromatic heterocycles. The normalized spacial score (nSPS) is 19.6. The molecule has 0 fully saturated rings. The first-order valence-electron chi connectivity index (χ1n) is 2.56. The van der Waals surface area contributed by atoms with Crippen LogP contribution in [-0.4, -0.2) is 30.7 Å². The SMILES string of the molecule is CN1C=NC(=O)CC1. The minimum Gasteiger partial charge on any atom is -0.365 e. The van der Waals surface area contributed by atoms with E-state index >= 15 is 0 Å². The van der Waals surface area contributed by atoms with Crippen LogP contribution in [0.4, 0.5) is 0 Å². The minimum atomic E-state index is -0.0110. The van der Waals surface area contributed by atoms with Crippen LogP contribution >= 0.6 is 0 Å². The van der Waals surface area contributed by atoms with Gasteiger partial charge in [-0.3, -0.25) is 4.79 Å². The fourth-order valence-electron chi connectivity index (χ4n) is 0.557. The van der Waals surface area contributed by atoms with E-state index in [2.05, 4.69) is 4.99 Å². The molecule has 0 saturated heterocycles. The van der Waals surface area contributed by atoms with E-state index in [4.69, 9.17) is 0 Å². The van der Waals surface area contributed by atoms with Crippen LogP contribution in [-0.2, 0) is 4.79 Å². The van der Waals surface area contributed by atoms with Crippen molar-refractivity contribution in [1.29, 1.82) is 0 Å². The van der Waals surface area contributed by atoms with Gasteiger partial charge in [-0.1, -0.05) is 0 Å². The molecule has 0 radical (unpaired) electrons. The lowest BCUT2D eigenvalue weighted by atomic mass is 10.4. The Kier molecular flexibility index (Phi) is 1.28. The number of hydrogen-bond acceptors (Lipinski definition) is 2. The molecule has 1 aliphatic heterocycles. The molecule has 0 aliphatic carbocycles. The summed E-state index contributed by atoms with van der Waals surface area (Å²) in [5.74, 6) is -0.0110. The van der Waals surface area contributed by atoms with Gasteiger partial charge in [0, 0.05) is 20.0 Å². The Balaban J connectivity index is 2.55. The lowest BCUT2D eigenvalue weighted by Crippen LogP contribution is -2.24.